The lowest BCUT2D eigenvalue weighted by atomic mass is 9.84. The summed E-state index contributed by atoms with van der Waals surface area (Å²) in [6.07, 6.45) is 3.32. The van der Waals surface area contributed by atoms with Crippen molar-refractivity contribution in [1.29, 1.82) is 0 Å². The van der Waals surface area contributed by atoms with Gasteiger partial charge in [-0.1, -0.05) is 12.8 Å². The van der Waals surface area contributed by atoms with E-state index < -0.39 is 17.9 Å². The predicted octanol–water partition coefficient (Wildman–Crippen LogP) is 0.407. The molecule has 1 aliphatic rings. The van der Waals surface area contributed by atoms with E-state index in [4.69, 9.17) is 5.11 Å². The van der Waals surface area contributed by atoms with Gasteiger partial charge >= 0.3 is 12.0 Å². The Balaban J connectivity index is 2.33. The van der Waals surface area contributed by atoms with Crippen LogP contribution in [-0.2, 0) is 9.59 Å². The summed E-state index contributed by atoms with van der Waals surface area (Å²) in [5.74, 6) is -1.44. The Bertz CT molecular complexity index is 371. The Morgan fingerprint density at radius 1 is 1.20 bits per heavy atom. The van der Waals surface area contributed by atoms with Gasteiger partial charge in [0.1, 0.15) is 0 Å². The molecule has 7 heteroatoms. The minimum atomic E-state index is -0.863. The Labute approximate surface area is 118 Å². The van der Waals surface area contributed by atoms with E-state index in [1.165, 1.54) is 4.90 Å². The number of nitrogens with one attached hydrogen (secondary N) is 2. The second kappa shape index (κ2) is 7.72. The van der Waals surface area contributed by atoms with Crippen LogP contribution in [0.5, 0.6) is 0 Å². The summed E-state index contributed by atoms with van der Waals surface area (Å²) in [4.78, 5) is 35.6. The van der Waals surface area contributed by atoms with Gasteiger partial charge in [0.15, 0.2) is 0 Å². The molecule has 0 aromatic rings. The SMILES string of the molecule is CN(C)C(=O)CCNC(=O)NC1CCCCC1C(=O)O. The normalized spacial score (nSPS) is 21.9. The van der Waals surface area contributed by atoms with Crippen LogP contribution < -0.4 is 10.6 Å². The lowest BCUT2D eigenvalue weighted by Crippen LogP contribution is -2.49. The lowest BCUT2D eigenvalue weighted by Gasteiger charge is -2.29. The monoisotopic (exact) mass is 285 g/mol. The van der Waals surface area contributed by atoms with Gasteiger partial charge in [0, 0.05) is 33.1 Å². The van der Waals surface area contributed by atoms with Crippen LogP contribution in [0.4, 0.5) is 4.79 Å². The largest absolute Gasteiger partial charge is 0.481 e. The van der Waals surface area contributed by atoms with Crippen molar-refractivity contribution in [2.75, 3.05) is 20.6 Å². The molecule has 7 nitrogen and oxygen atoms in total. The molecule has 1 saturated carbocycles. The van der Waals surface area contributed by atoms with Crippen LogP contribution in [0.15, 0.2) is 0 Å². The van der Waals surface area contributed by atoms with Crippen LogP contribution >= 0.6 is 0 Å². The summed E-state index contributed by atoms with van der Waals surface area (Å²) >= 11 is 0. The number of carboxylic acids is 1. The first-order chi connectivity index (χ1) is 9.41. The van der Waals surface area contributed by atoms with Crippen LogP contribution in [0.2, 0.25) is 0 Å². The minimum absolute atomic E-state index is 0.0635. The van der Waals surface area contributed by atoms with Crippen molar-refractivity contribution < 1.29 is 19.5 Å². The summed E-state index contributed by atoms with van der Waals surface area (Å²) in [5, 5.41) is 14.4. The average Bonchev–Trinajstić information content (AvgIpc) is 2.38. The number of carbonyl (C=O) groups excluding carboxylic acids is 2. The van der Waals surface area contributed by atoms with E-state index in [-0.39, 0.29) is 24.9 Å². The van der Waals surface area contributed by atoms with Gasteiger partial charge in [0.25, 0.3) is 0 Å². The fraction of sp³-hybridized carbons (Fsp3) is 0.769. The van der Waals surface area contributed by atoms with Gasteiger partial charge < -0.3 is 20.6 Å². The molecule has 0 aromatic carbocycles. The van der Waals surface area contributed by atoms with Gasteiger partial charge in [-0.05, 0) is 12.8 Å². The van der Waals surface area contributed by atoms with E-state index >= 15 is 0 Å². The average molecular weight is 285 g/mol. The van der Waals surface area contributed by atoms with Crippen molar-refractivity contribution in [2.45, 2.75) is 38.1 Å². The Hall–Kier alpha value is -1.79. The maximum absolute atomic E-state index is 11.7. The molecule has 1 rings (SSSR count). The van der Waals surface area contributed by atoms with Crippen molar-refractivity contribution in [3.63, 3.8) is 0 Å². The molecular formula is C13H23N3O4. The topological polar surface area (TPSA) is 98.7 Å². The van der Waals surface area contributed by atoms with Gasteiger partial charge in [-0.3, -0.25) is 9.59 Å². The van der Waals surface area contributed by atoms with Crippen molar-refractivity contribution in [3.8, 4) is 0 Å². The molecule has 1 fully saturated rings. The van der Waals surface area contributed by atoms with Gasteiger partial charge in [-0.15, -0.1) is 0 Å². The zero-order valence-corrected chi connectivity index (χ0v) is 12.0. The van der Waals surface area contributed by atoms with Crippen LogP contribution in [0.3, 0.4) is 0 Å². The van der Waals surface area contributed by atoms with Crippen LogP contribution in [-0.4, -0.2) is 54.6 Å². The zero-order chi connectivity index (χ0) is 15.1. The van der Waals surface area contributed by atoms with Gasteiger partial charge in [0.05, 0.1) is 5.92 Å². The molecular weight excluding hydrogens is 262 g/mol. The van der Waals surface area contributed by atoms with E-state index in [9.17, 15) is 14.4 Å². The van der Waals surface area contributed by atoms with E-state index in [0.29, 0.717) is 12.8 Å². The minimum Gasteiger partial charge on any atom is -0.481 e. The molecule has 1 aliphatic carbocycles. The number of urea groups is 1. The molecule has 0 aliphatic heterocycles. The number of nitrogens with zero attached hydrogens (tertiary/aromatic N) is 1. The summed E-state index contributed by atoms with van der Waals surface area (Å²) < 4.78 is 0. The van der Waals surface area contributed by atoms with Crippen molar-refractivity contribution >= 4 is 17.9 Å². The molecule has 0 radical (unpaired) electrons. The molecule has 2 unspecified atom stereocenters. The molecule has 3 amide bonds. The van der Waals surface area contributed by atoms with Crippen LogP contribution in [0.25, 0.3) is 0 Å². The summed E-state index contributed by atoms with van der Waals surface area (Å²) in [5.41, 5.74) is 0. The Morgan fingerprint density at radius 3 is 2.45 bits per heavy atom. The lowest BCUT2D eigenvalue weighted by molar-refractivity contribution is -0.143. The molecule has 0 heterocycles. The first-order valence-corrected chi connectivity index (χ1v) is 6.89. The van der Waals surface area contributed by atoms with E-state index in [1.54, 1.807) is 14.1 Å². The molecule has 0 bridgehead atoms. The third kappa shape index (κ3) is 5.07. The molecule has 3 N–H and O–H groups in total. The van der Waals surface area contributed by atoms with Gasteiger partial charge in [0.2, 0.25) is 5.91 Å². The molecule has 0 spiro atoms. The number of aliphatic carboxylic acids is 1. The second-order valence-corrected chi connectivity index (χ2v) is 5.27. The first-order valence-electron chi connectivity index (χ1n) is 6.89. The van der Waals surface area contributed by atoms with E-state index in [0.717, 1.165) is 12.8 Å². The number of carbonyl (C=O) groups is 3. The van der Waals surface area contributed by atoms with Crippen LogP contribution in [0, 0.1) is 5.92 Å². The molecule has 0 saturated heterocycles. The van der Waals surface area contributed by atoms with Gasteiger partial charge in [-0.2, -0.15) is 0 Å². The highest BCUT2D eigenvalue weighted by atomic mass is 16.4. The predicted molar refractivity (Wildman–Crippen MR) is 73.2 cm³/mol. The molecule has 2 atom stereocenters. The standard InChI is InChI=1S/C13H23N3O4/c1-16(2)11(17)7-8-14-13(20)15-10-6-4-3-5-9(10)12(18)19/h9-10H,3-8H2,1-2H3,(H,18,19)(H2,14,15,20). The Morgan fingerprint density at radius 2 is 1.85 bits per heavy atom. The number of hydrogen-bond acceptors (Lipinski definition) is 3. The smallest absolute Gasteiger partial charge is 0.315 e. The molecule has 20 heavy (non-hydrogen) atoms. The summed E-state index contributed by atoms with van der Waals surface area (Å²) in [6, 6.07) is -0.736. The number of hydrogen-bond donors (Lipinski definition) is 3. The zero-order valence-electron chi connectivity index (χ0n) is 12.0. The van der Waals surface area contributed by atoms with Crippen molar-refractivity contribution in [1.82, 2.24) is 15.5 Å². The summed E-state index contributed by atoms with van der Waals surface area (Å²) in [6.45, 7) is 0.243. The molecule has 114 valence electrons. The highest BCUT2D eigenvalue weighted by Crippen LogP contribution is 2.24. The maximum atomic E-state index is 11.7. The van der Waals surface area contributed by atoms with Crippen LogP contribution in [0.1, 0.15) is 32.1 Å². The second-order valence-electron chi connectivity index (χ2n) is 5.27. The number of rotatable bonds is 5. The quantitative estimate of drug-likeness (QED) is 0.681. The van der Waals surface area contributed by atoms with E-state index in [1.807, 2.05) is 0 Å². The fourth-order valence-corrected chi connectivity index (χ4v) is 2.33. The Kier molecular flexibility index (Phi) is 6.27. The fourth-order valence-electron chi connectivity index (χ4n) is 2.33. The van der Waals surface area contributed by atoms with Crippen molar-refractivity contribution in [2.24, 2.45) is 5.92 Å². The number of amides is 3. The van der Waals surface area contributed by atoms with Crippen molar-refractivity contribution in [3.05, 3.63) is 0 Å². The third-order valence-corrected chi connectivity index (χ3v) is 3.52. The highest BCUT2D eigenvalue weighted by Gasteiger charge is 2.31. The summed E-state index contributed by atoms with van der Waals surface area (Å²) in [7, 11) is 3.31. The third-order valence-electron chi connectivity index (χ3n) is 3.52. The van der Waals surface area contributed by atoms with E-state index in [2.05, 4.69) is 10.6 Å². The first kappa shape index (κ1) is 16.3. The highest BCUT2D eigenvalue weighted by molar-refractivity contribution is 5.79. The molecule has 0 aromatic heterocycles. The number of carboxylic acid groups (broad SMARTS) is 1. The maximum Gasteiger partial charge on any atom is 0.315 e. The van der Waals surface area contributed by atoms with Gasteiger partial charge in [-0.25, -0.2) is 4.79 Å².